The van der Waals surface area contributed by atoms with E-state index in [2.05, 4.69) is 0 Å². The summed E-state index contributed by atoms with van der Waals surface area (Å²) in [6, 6.07) is 7.90. The number of hydrogen-bond acceptors (Lipinski definition) is 5. The van der Waals surface area contributed by atoms with Crippen LogP contribution in [0.15, 0.2) is 41.3 Å². The van der Waals surface area contributed by atoms with Crippen LogP contribution in [0.5, 0.6) is 0 Å². The average Bonchev–Trinajstić information content (AvgIpc) is 2.68. The van der Waals surface area contributed by atoms with Crippen LogP contribution < -0.4 is 0 Å². The first-order chi connectivity index (χ1) is 13.3. The smallest absolute Gasteiger partial charge is 0.338 e. The van der Waals surface area contributed by atoms with Crippen molar-refractivity contribution in [1.82, 2.24) is 4.31 Å². The van der Waals surface area contributed by atoms with Gasteiger partial charge in [-0.3, -0.25) is 0 Å². The van der Waals surface area contributed by atoms with Crippen LogP contribution in [0.4, 0.5) is 4.39 Å². The SMILES string of the molecule is O=C(OCc1c(Cl)cccc1Cl)c1ccc(F)c(S(=O)(=O)N2CCOCC2)c1. The number of sulfonamides is 1. The molecule has 0 N–H and O–H groups in total. The van der Waals surface area contributed by atoms with Crippen LogP contribution in [0.1, 0.15) is 15.9 Å². The first kappa shape index (κ1) is 21.0. The lowest BCUT2D eigenvalue weighted by molar-refractivity contribution is 0.0472. The number of hydrogen-bond donors (Lipinski definition) is 0. The molecule has 0 atom stereocenters. The lowest BCUT2D eigenvalue weighted by atomic mass is 10.2. The highest BCUT2D eigenvalue weighted by molar-refractivity contribution is 7.89. The van der Waals surface area contributed by atoms with Crippen molar-refractivity contribution in [3.8, 4) is 0 Å². The van der Waals surface area contributed by atoms with Gasteiger partial charge in [-0.25, -0.2) is 17.6 Å². The largest absolute Gasteiger partial charge is 0.457 e. The van der Waals surface area contributed by atoms with E-state index in [4.69, 9.17) is 32.7 Å². The van der Waals surface area contributed by atoms with E-state index in [1.165, 1.54) is 0 Å². The van der Waals surface area contributed by atoms with E-state index in [0.717, 1.165) is 22.5 Å². The molecule has 0 saturated carbocycles. The number of morpholine rings is 1. The molecule has 1 fully saturated rings. The van der Waals surface area contributed by atoms with E-state index < -0.39 is 26.7 Å². The normalized spacial score (nSPS) is 15.4. The Morgan fingerprint density at radius 2 is 1.79 bits per heavy atom. The minimum atomic E-state index is -4.10. The molecular formula is C18H16Cl2FNO5S. The zero-order chi connectivity index (χ0) is 20.3. The van der Waals surface area contributed by atoms with Gasteiger partial charge < -0.3 is 9.47 Å². The maximum Gasteiger partial charge on any atom is 0.338 e. The Balaban J connectivity index is 1.81. The number of carbonyl (C=O) groups excluding carboxylic acids is 1. The molecule has 0 unspecified atom stereocenters. The van der Waals surface area contributed by atoms with Gasteiger partial charge in [0.1, 0.15) is 17.3 Å². The van der Waals surface area contributed by atoms with Gasteiger partial charge in [0.05, 0.1) is 18.8 Å². The molecule has 0 aliphatic carbocycles. The molecule has 1 aliphatic rings. The second kappa shape index (κ2) is 8.75. The molecule has 150 valence electrons. The van der Waals surface area contributed by atoms with Crippen LogP contribution >= 0.6 is 23.2 Å². The Bertz CT molecular complexity index is 973. The van der Waals surface area contributed by atoms with Gasteiger partial charge in [-0.15, -0.1) is 0 Å². The molecule has 0 spiro atoms. The van der Waals surface area contributed by atoms with Gasteiger partial charge in [0, 0.05) is 28.7 Å². The van der Waals surface area contributed by atoms with E-state index in [1.807, 2.05) is 0 Å². The monoisotopic (exact) mass is 447 g/mol. The number of carbonyl (C=O) groups is 1. The van der Waals surface area contributed by atoms with E-state index in [0.29, 0.717) is 15.6 Å². The lowest BCUT2D eigenvalue weighted by Crippen LogP contribution is -2.41. The molecule has 0 aromatic heterocycles. The third kappa shape index (κ3) is 4.47. The third-order valence-corrected chi connectivity index (χ3v) is 6.79. The topological polar surface area (TPSA) is 72.9 Å². The molecule has 28 heavy (non-hydrogen) atoms. The van der Waals surface area contributed by atoms with Crippen molar-refractivity contribution in [2.45, 2.75) is 11.5 Å². The Morgan fingerprint density at radius 3 is 2.43 bits per heavy atom. The van der Waals surface area contributed by atoms with Crippen molar-refractivity contribution in [3.63, 3.8) is 0 Å². The summed E-state index contributed by atoms with van der Waals surface area (Å²) in [4.78, 5) is 11.8. The summed E-state index contributed by atoms with van der Waals surface area (Å²) in [6.07, 6.45) is 0. The van der Waals surface area contributed by atoms with Crippen LogP contribution in [-0.2, 0) is 26.1 Å². The number of ether oxygens (including phenoxy) is 2. The fourth-order valence-corrected chi connectivity index (χ4v) is 4.65. The number of benzene rings is 2. The minimum absolute atomic E-state index is 0.101. The van der Waals surface area contributed by atoms with Crippen molar-refractivity contribution in [2.24, 2.45) is 0 Å². The van der Waals surface area contributed by atoms with Crippen molar-refractivity contribution in [1.29, 1.82) is 0 Å². The van der Waals surface area contributed by atoms with Gasteiger partial charge in [-0.05, 0) is 30.3 Å². The highest BCUT2D eigenvalue weighted by Gasteiger charge is 2.30. The van der Waals surface area contributed by atoms with Crippen LogP contribution in [0.25, 0.3) is 0 Å². The van der Waals surface area contributed by atoms with Gasteiger partial charge >= 0.3 is 5.97 Å². The minimum Gasteiger partial charge on any atom is -0.457 e. The molecule has 1 aliphatic heterocycles. The van der Waals surface area contributed by atoms with Crippen LogP contribution in [-0.4, -0.2) is 45.0 Å². The fourth-order valence-electron chi connectivity index (χ4n) is 2.65. The molecule has 2 aromatic carbocycles. The Morgan fingerprint density at radius 1 is 1.14 bits per heavy atom. The van der Waals surface area contributed by atoms with Crippen molar-refractivity contribution in [3.05, 3.63) is 63.4 Å². The fraction of sp³-hybridized carbons (Fsp3) is 0.278. The van der Waals surface area contributed by atoms with E-state index in [1.54, 1.807) is 18.2 Å². The summed E-state index contributed by atoms with van der Waals surface area (Å²) in [5.41, 5.74) is 0.318. The summed E-state index contributed by atoms with van der Waals surface area (Å²) in [7, 11) is -4.10. The molecule has 0 bridgehead atoms. The van der Waals surface area contributed by atoms with E-state index in [9.17, 15) is 17.6 Å². The summed E-state index contributed by atoms with van der Waals surface area (Å²) >= 11 is 12.1. The average molecular weight is 448 g/mol. The Kier molecular flexibility index (Phi) is 6.57. The summed E-state index contributed by atoms with van der Waals surface area (Å²) in [6.45, 7) is 0.464. The van der Waals surface area contributed by atoms with Gasteiger partial charge in [0.25, 0.3) is 0 Å². The summed E-state index contributed by atoms with van der Waals surface area (Å²) < 4.78 is 51.0. The van der Waals surface area contributed by atoms with Gasteiger partial charge in [0.15, 0.2) is 0 Å². The number of rotatable bonds is 5. The first-order valence-electron chi connectivity index (χ1n) is 8.28. The zero-order valence-corrected chi connectivity index (χ0v) is 16.9. The van der Waals surface area contributed by atoms with Crippen molar-refractivity contribution in [2.75, 3.05) is 26.3 Å². The van der Waals surface area contributed by atoms with Crippen LogP contribution in [0.3, 0.4) is 0 Å². The molecule has 3 rings (SSSR count). The second-order valence-electron chi connectivity index (χ2n) is 5.94. The highest BCUT2D eigenvalue weighted by Crippen LogP contribution is 2.26. The molecule has 0 amide bonds. The molecule has 0 radical (unpaired) electrons. The third-order valence-electron chi connectivity index (χ3n) is 4.16. The van der Waals surface area contributed by atoms with Gasteiger partial charge in [-0.2, -0.15) is 4.31 Å². The van der Waals surface area contributed by atoms with E-state index >= 15 is 0 Å². The zero-order valence-electron chi connectivity index (χ0n) is 14.5. The highest BCUT2D eigenvalue weighted by atomic mass is 35.5. The Hall–Kier alpha value is -1.71. The number of esters is 1. The maximum absolute atomic E-state index is 14.2. The number of nitrogens with zero attached hydrogens (tertiary/aromatic N) is 1. The van der Waals surface area contributed by atoms with Gasteiger partial charge in [-0.1, -0.05) is 29.3 Å². The van der Waals surface area contributed by atoms with Gasteiger partial charge in [0.2, 0.25) is 10.0 Å². The predicted octanol–water partition coefficient (Wildman–Crippen LogP) is 3.51. The Labute approximate surface area is 171 Å². The molecule has 6 nitrogen and oxygen atoms in total. The molecule has 1 heterocycles. The standard InChI is InChI=1S/C18H16Cl2FNO5S/c19-14-2-1-3-15(20)13(14)11-27-18(23)12-4-5-16(21)17(10-12)28(24,25)22-6-8-26-9-7-22/h1-5,10H,6-9,11H2. The summed E-state index contributed by atoms with van der Waals surface area (Å²) in [5, 5.41) is 0.657. The van der Waals surface area contributed by atoms with Crippen molar-refractivity contribution >= 4 is 39.2 Å². The molecule has 1 saturated heterocycles. The molecule has 2 aromatic rings. The van der Waals surface area contributed by atoms with Crippen molar-refractivity contribution < 1.29 is 27.1 Å². The maximum atomic E-state index is 14.2. The number of halogens is 3. The van der Waals surface area contributed by atoms with Crippen LogP contribution in [0.2, 0.25) is 10.0 Å². The quantitative estimate of drug-likeness (QED) is 0.655. The second-order valence-corrected chi connectivity index (χ2v) is 8.66. The van der Waals surface area contributed by atoms with Crippen LogP contribution in [0, 0.1) is 5.82 Å². The predicted molar refractivity (Wildman–Crippen MR) is 102 cm³/mol. The lowest BCUT2D eigenvalue weighted by Gasteiger charge is -2.26. The molecule has 10 heteroatoms. The molecular weight excluding hydrogens is 432 g/mol. The summed E-state index contributed by atoms with van der Waals surface area (Å²) in [5.74, 6) is -1.77. The first-order valence-corrected chi connectivity index (χ1v) is 10.5. The van der Waals surface area contributed by atoms with E-state index in [-0.39, 0.29) is 38.5 Å².